The van der Waals surface area contributed by atoms with Crippen LogP contribution in [0.2, 0.25) is 0 Å². The lowest BCUT2D eigenvalue weighted by Gasteiger charge is -2.11. The number of carbonyl (C=O) groups is 1. The molecule has 1 heterocycles. The molecule has 5 heteroatoms. The quantitative estimate of drug-likeness (QED) is 0.761. The molecule has 0 aliphatic heterocycles. The van der Waals surface area contributed by atoms with Gasteiger partial charge in [0.2, 0.25) is 0 Å². The molecule has 1 N–H and O–H groups in total. The number of benzene rings is 2. The smallest absolute Gasteiger partial charge is 0.337 e. The molecule has 4 nitrogen and oxygen atoms in total. The number of fused-ring (bicyclic) bond motifs is 1. The molecule has 0 bridgehead atoms. The summed E-state index contributed by atoms with van der Waals surface area (Å²) in [7, 11) is 0. The number of hydrogen-bond acceptors (Lipinski definition) is 2. The maximum Gasteiger partial charge on any atom is 0.337 e. The summed E-state index contributed by atoms with van der Waals surface area (Å²) in [6, 6.07) is 11.2. The zero-order chi connectivity index (χ0) is 15.1. The average Bonchev–Trinajstić information content (AvgIpc) is 2.74. The van der Waals surface area contributed by atoms with E-state index in [0.717, 1.165) is 27.1 Å². The van der Waals surface area contributed by atoms with Crippen molar-refractivity contribution in [2.45, 2.75) is 13.8 Å². The van der Waals surface area contributed by atoms with Gasteiger partial charge in [-0.3, -0.25) is 4.57 Å². The molecule has 2 aromatic carbocycles. The van der Waals surface area contributed by atoms with E-state index in [1.54, 1.807) is 12.1 Å². The second-order valence-corrected chi connectivity index (χ2v) is 5.82. The Morgan fingerprint density at radius 1 is 1.24 bits per heavy atom. The van der Waals surface area contributed by atoms with Crippen molar-refractivity contribution < 1.29 is 9.90 Å². The first-order valence-electron chi connectivity index (χ1n) is 6.47. The van der Waals surface area contributed by atoms with Crippen molar-refractivity contribution in [3.8, 4) is 5.69 Å². The predicted octanol–water partition coefficient (Wildman–Crippen LogP) is 4.10. The zero-order valence-corrected chi connectivity index (χ0v) is 13.2. The van der Waals surface area contributed by atoms with Crippen LogP contribution in [0, 0.1) is 13.8 Å². The maximum atomic E-state index is 11.3. The third-order valence-electron chi connectivity index (χ3n) is 3.48. The second kappa shape index (κ2) is 5.00. The van der Waals surface area contributed by atoms with Crippen LogP contribution in [0.15, 0.2) is 40.9 Å². The van der Waals surface area contributed by atoms with E-state index in [1.165, 1.54) is 0 Å². The van der Waals surface area contributed by atoms with Crippen molar-refractivity contribution >= 4 is 32.9 Å². The molecule has 0 unspecified atom stereocenters. The van der Waals surface area contributed by atoms with Crippen molar-refractivity contribution in [1.29, 1.82) is 0 Å². The summed E-state index contributed by atoms with van der Waals surface area (Å²) in [5, 5.41) is 9.29. The molecule has 0 saturated heterocycles. The molecule has 21 heavy (non-hydrogen) atoms. The number of imidazole rings is 1. The van der Waals surface area contributed by atoms with Crippen LogP contribution in [0.25, 0.3) is 16.7 Å². The number of aromatic nitrogens is 2. The minimum absolute atomic E-state index is 0.226. The Morgan fingerprint density at radius 3 is 2.67 bits per heavy atom. The Hall–Kier alpha value is -2.14. The average molecular weight is 345 g/mol. The van der Waals surface area contributed by atoms with Gasteiger partial charge < -0.3 is 5.11 Å². The molecule has 0 saturated carbocycles. The van der Waals surface area contributed by atoms with Gasteiger partial charge in [0.15, 0.2) is 0 Å². The van der Waals surface area contributed by atoms with Gasteiger partial charge in [0, 0.05) is 4.47 Å². The lowest BCUT2D eigenvalue weighted by Crippen LogP contribution is -2.00. The Kier molecular flexibility index (Phi) is 3.29. The predicted molar refractivity (Wildman–Crippen MR) is 85.2 cm³/mol. The Balaban J connectivity index is 2.36. The number of halogens is 1. The topological polar surface area (TPSA) is 55.1 Å². The Morgan fingerprint density at radius 2 is 2.00 bits per heavy atom. The van der Waals surface area contributed by atoms with Crippen molar-refractivity contribution in [2.24, 2.45) is 0 Å². The fraction of sp³-hybridized carbons (Fsp3) is 0.125. The normalized spacial score (nSPS) is 11.0. The van der Waals surface area contributed by atoms with Gasteiger partial charge in [-0.25, -0.2) is 9.78 Å². The minimum atomic E-state index is -0.960. The molecule has 0 atom stereocenters. The highest BCUT2D eigenvalue weighted by Crippen LogP contribution is 2.27. The highest BCUT2D eigenvalue weighted by atomic mass is 79.9. The van der Waals surface area contributed by atoms with Gasteiger partial charge in [0.25, 0.3) is 0 Å². The molecule has 0 aliphatic rings. The van der Waals surface area contributed by atoms with E-state index in [-0.39, 0.29) is 5.56 Å². The number of para-hydroxylation sites is 1. The molecule has 3 rings (SSSR count). The number of aromatic carboxylic acids is 1. The van der Waals surface area contributed by atoms with Crippen LogP contribution < -0.4 is 0 Å². The van der Waals surface area contributed by atoms with Crippen molar-refractivity contribution in [3.63, 3.8) is 0 Å². The van der Waals surface area contributed by atoms with Crippen LogP contribution in [0.4, 0.5) is 0 Å². The van der Waals surface area contributed by atoms with Gasteiger partial charge in [0.1, 0.15) is 11.3 Å². The standard InChI is InChI=1S/C16H13BrN2O2/c1-9-8-11(17)6-7-13(9)19-10(2)18-15-12(16(20)21)4-3-5-14(15)19/h3-8H,1-2H3,(H,20,21). The van der Waals surface area contributed by atoms with Crippen LogP contribution in [0.5, 0.6) is 0 Å². The molecule has 3 aromatic rings. The molecule has 0 amide bonds. The van der Waals surface area contributed by atoms with E-state index in [2.05, 4.69) is 20.9 Å². The summed E-state index contributed by atoms with van der Waals surface area (Å²) in [6.07, 6.45) is 0. The fourth-order valence-corrected chi connectivity index (χ4v) is 3.04. The molecular weight excluding hydrogens is 332 g/mol. The Labute approximate surface area is 130 Å². The van der Waals surface area contributed by atoms with Gasteiger partial charge >= 0.3 is 5.97 Å². The highest BCUT2D eigenvalue weighted by molar-refractivity contribution is 9.10. The third-order valence-corrected chi connectivity index (χ3v) is 3.98. The summed E-state index contributed by atoms with van der Waals surface area (Å²) < 4.78 is 3.00. The first-order valence-corrected chi connectivity index (χ1v) is 7.26. The van der Waals surface area contributed by atoms with E-state index < -0.39 is 5.97 Å². The number of aryl methyl sites for hydroxylation is 2. The van der Waals surface area contributed by atoms with Gasteiger partial charge in [-0.1, -0.05) is 22.0 Å². The van der Waals surface area contributed by atoms with E-state index in [0.29, 0.717) is 5.52 Å². The SMILES string of the molecule is Cc1cc(Br)ccc1-n1c(C)nc2c(C(=O)O)cccc21. The van der Waals surface area contributed by atoms with E-state index >= 15 is 0 Å². The van der Waals surface area contributed by atoms with Crippen LogP contribution in [-0.2, 0) is 0 Å². The maximum absolute atomic E-state index is 11.3. The summed E-state index contributed by atoms with van der Waals surface area (Å²) >= 11 is 3.46. The van der Waals surface area contributed by atoms with E-state index in [9.17, 15) is 9.90 Å². The summed E-state index contributed by atoms with van der Waals surface area (Å²) in [5.74, 6) is -0.193. The third kappa shape index (κ3) is 2.23. The van der Waals surface area contributed by atoms with E-state index in [4.69, 9.17) is 0 Å². The first kappa shape index (κ1) is 13.8. The number of hydrogen-bond donors (Lipinski definition) is 1. The van der Waals surface area contributed by atoms with E-state index in [1.807, 2.05) is 42.7 Å². The van der Waals surface area contributed by atoms with Crippen molar-refractivity contribution in [2.75, 3.05) is 0 Å². The van der Waals surface area contributed by atoms with Gasteiger partial charge in [0.05, 0.1) is 16.8 Å². The van der Waals surface area contributed by atoms with Crippen LogP contribution in [0.3, 0.4) is 0 Å². The van der Waals surface area contributed by atoms with Crippen LogP contribution >= 0.6 is 15.9 Å². The molecule has 0 radical (unpaired) electrons. The number of nitrogens with zero attached hydrogens (tertiary/aromatic N) is 2. The molecule has 0 spiro atoms. The monoisotopic (exact) mass is 344 g/mol. The fourth-order valence-electron chi connectivity index (χ4n) is 2.56. The Bertz CT molecular complexity index is 868. The number of rotatable bonds is 2. The molecule has 106 valence electrons. The van der Waals surface area contributed by atoms with Gasteiger partial charge in [-0.05, 0) is 49.7 Å². The van der Waals surface area contributed by atoms with Crippen LogP contribution in [0.1, 0.15) is 21.7 Å². The largest absolute Gasteiger partial charge is 0.478 e. The zero-order valence-electron chi connectivity index (χ0n) is 11.6. The number of carboxylic acids is 1. The van der Waals surface area contributed by atoms with Gasteiger partial charge in [-0.15, -0.1) is 0 Å². The summed E-state index contributed by atoms with van der Waals surface area (Å²) in [6.45, 7) is 3.90. The molecular formula is C16H13BrN2O2. The van der Waals surface area contributed by atoms with Crippen molar-refractivity contribution in [3.05, 3.63) is 57.8 Å². The lowest BCUT2D eigenvalue weighted by atomic mass is 10.1. The second-order valence-electron chi connectivity index (χ2n) is 4.90. The van der Waals surface area contributed by atoms with Gasteiger partial charge in [-0.2, -0.15) is 0 Å². The lowest BCUT2D eigenvalue weighted by molar-refractivity contribution is 0.0699. The molecule has 0 fully saturated rings. The highest BCUT2D eigenvalue weighted by Gasteiger charge is 2.16. The first-order chi connectivity index (χ1) is 9.99. The van der Waals surface area contributed by atoms with Crippen molar-refractivity contribution in [1.82, 2.24) is 9.55 Å². The molecule has 1 aromatic heterocycles. The summed E-state index contributed by atoms with van der Waals surface area (Å²) in [4.78, 5) is 15.8. The number of carboxylic acid groups (broad SMARTS) is 1. The summed E-state index contributed by atoms with van der Waals surface area (Å²) in [5.41, 5.74) is 3.64. The minimum Gasteiger partial charge on any atom is -0.478 e. The molecule has 0 aliphatic carbocycles. The van der Waals surface area contributed by atoms with Crippen LogP contribution in [-0.4, -0.2) is 20.6 Å².